The predicted octanol–water partition coefficient (Wildman–Crippen LogP) is 4.66. The van der Waals surface area contributed by atoms with Crippen LogP contribution in [0.4, 0.5) is 4.39 Å². The monoisotopic (exact) mass is 411 g/mol. The highest BCUT2D eigenvalue weighted by Gasteiger charge is 2.19. The molecule has 26 heavy (non-hydrogen) atoms. The van der Waals surface area contributed by atoms with E-state index in [4.69, 9.17) is 0 Å². The Bertz CT molecular complexity index is 1160. The summed E-state index contributed by atoms with van der Waals surface area (Å²) < 4.78 is 16.4. The third-order valence-electron chi connectivity index (χ3n) is 3.95. The van der Waals surface area contributed by atoms with Crippen LogP contribution in [0.15, 0.2) is 65.1 Å². The topological polar surface area (TPSA) is 67.5 Å². The van der Waals surface area contributed by atoms with Crippen LogP contribution in [0.2, 0.25) is 0 Å². The Morgan fingerprint density at radius 1 is 1.08 bits per heavy atom. The van der Waals surface area contributed by atoms with Gasteiger partial charge in [0.2, 0.25) is 0 Å². The normalized spacial score (nSPS) is 11.0. The van der Waals surface area contributed by atoms with Crippen molar-refractivity contribution >= 4 is 27.5 Å². The molecule has 2 aromatic heterocycles. The van der Waals surface area contributed by atoms with E-state index in [0.29, 0.717) is 5.69 Å². The summed E-state index contributed by atoms with van der Waals surface area (Å²) in [6.45, 7) is 0. The van der Waals surface area contributed by atoms with Gasteiger partial charge < -0.3 is 5.11 Å². The molecule has 2 heterocycles. The first kappa shape index (κ1) is 16.4. The molecular weight excluding hydrogens is 401 g/mol. The van der Waals surface area contributed by atoms with Crippen molar-refractivity contribution < 1.29 is 14.3 Å². The SMILES string of the molecule is O=C(O)c1ccc(-c2cccc(Br)c2)n2nc(-c3ccccc3F)nc12. The minimum Gasteiger partial charge on any atom is -0.478 e. The molecule has 5 nitrogen and oxygen atoms in total. The summed E-state index contributed by atoms with van der Waals surface area (Å²) in [5, 5.41) is 13.8. The molecular formula is C19H11BrFN3O2. The van der Waals surface area contributed by atoms with Gasteiger partial charge >= 0.3 is 5.97 Å². The molecule has 0 amide bonds. The molecule has 0 radical (unpaired) electrons. The molecule has 0 aliphatic rings. The molecule has 1 N–H and O–H groups in total. The number of pyridine rings is 1. The number of rotatable bonds is 3. The van der Waals surface area contributed by atoms with Gasteiger partial charge in [-0.2, -0.15) is 0 Å². The number of aromatic nitrogens is 3. The molecule has 0 fully saturated rings. The number of aromatic carboxylic acids is 1. The molecule has 0 saturated heterocycles. The summed E-state index contributed by atoms with van der Waals surface area (Å²) in [5.74, 6) is -1.46. The van der Waals surface area contributed by atoms with Crippen LogP contribution in [0, 0.1) is 5.82 Å². The summed E-state index contributed by atoms with van der Waals surface area (Å²) in [5.41, 5.74) is 1.85. The second kappa shape index (κ2) is 6.34. The zero-order chi connectivity index (χ0) is 18.3. The number of halogens is 2. The minimum absolute atomic E-state index is 0.00108. The van der Waals surface area contributed by atoms with E-state index in [9.17, 15) is 14.3 Å². The summed E-state index contributed by atoms with van der Waals surface area (Å²) >= 11 is 3.42. The molecule has 0 bridgehead atoms. The fraction of sp³-hybridized carbons (Fsp3) is 0. The molecule has 0 unspecified atom stereocenters. The first-order valence-corrected chi connectivity index (χ1v) is 8.48. The average molecular weight is 412 g/mol. The van der Waals surface area contributed by atoms with Crippen molar-refractivity contribution in [1.82, 2.24) is 14.6 Å². The zero-order valence-corrected chi connectivity index (χ0v) is 14.8. The van der Waals surface area contributed by atoms with Gasteiger partial charge in [0.1, 0.15) is 11.4 Å². The summed E-state index contributed by atoms with van der Waals surface area (Å²) in [4.78, 5) is 15.9. The van der Waals surface area contributed by atoms with Gasteiger partial charge in [0.25, 0.3) is 0 Å². The zero-order valence-electron chi connectivity index (χ0n) is 13.2. The lowest BCUT2D eigenvalue weighted by Crippen LogP contribution is -2.03. The van der Waals surface area contributed by atoms with E-state index in [1.54, 1.807) is 24.3 Å². The van der Waals surface area contributed by atoms with Crippen molar-refractivity contribution in [2.75, 3.05) is 0 Å². The third kappa shape index (κ3) is 2.76. The van der Waals surface area contributed by atoms with Crippen molar-refractivity contribution in [3.8, 4) is 22.6 Å². The molecule has 0 spiro atoms. The fourth-order valence-electron chi connectivity index (χ4n) is 2.75. The van der Waals surface area contributed by atoms with Crippen LogP contribution in [0.5, 0.6) is 0 Å². The Kier molecular flexibility index (Phi) is 4.00. The Hall–Kier alpha value is -3.06. The fourth-order valence-corrected chi connectivity index (χ4v) is 3.15. The number of nitrogens with zero attached hydrogens (tertiary/aromatic N) is 3. The van der Waals surface area contributed by atoms with Crippen LogP contribution >= 0.6 is 15.9 Å². The van der Waals surface area contributed by atoms with Crippen LogP contribution in [0.3, 0.4) is 0 Å². The Morgan fingerprint density at radius 3 is 2.62 bits per heavy atom. The number of carboxylic acid groups (broad SMARTS) is 1. The second-order valence-corrected chi connectivity index (χ2v) is 6.51. The van der Waals surface area contributed by atoms with Crippen molar-refractivity contribution in [3.05, 3.63) is 76.5 Å². The van der Waals surface area contributed by atoms with Crippen molar-refractivity contribution in [1.29, 1.82) is 0 Å². The lowest BCUT2D eigenvalue weighted by atomic mass is 10.1. The van der Waals surface area contributed by atoms with E-state index in [-0.39, 0.29) is 22.6 Å². The van der Waals surface area contributed by atoms with E-state index < -0.39 is 11.8 Å². The average Bonchev–Trinajstić information content (AvgIpc) is 3.05. The van der Waals surface area contributed by atoms with Gasteiger partial charge in [0, 0.05) is 10.0 Å². The molecule has 0 saturated carbocycles. The van der Waals surface area contributed by atoms with Gasteiger partial charge in [0.15, 0.2) is 11.5 Å². The third-order valence-corrected chi connectivity index (χ3v) is 4.44. The van der Waals surface area contributed by atoms with Crippen LogP contribution in [-0.4, -0.2) is 25.7 Å². The van der Waals surface area contributed by atoms with Crippen molar-refractivity contribution in [2.45, 2.75) is 0 Å². The molecule has 0 aliphatic carbocycles. The van der Waals surface area contributed by atoms with E-state index in [0.717, 1.165) is 10.0 Å². The molecule has 0 atom stereocenters. The van der Waals surface area contributed by atoms with E-state index in [2.05, 4.69) is 26.0 Å². The number of hydrogen-bond donors (Lipinski definition) is 1. The maximum atomic E-state index is 14.1. The highest BCUT2D eigenvalue weighted by Crippen LogP contribution is 2.27. The van der Waals surface area contributed by atoms with E-state index >= 15 is 0 Å². The Labute approximate surface area is 155 Å². The quantitative estimate of drug-likeness (QED) is 0.532. The van der Waals surface area contributed by atoms with Gasteiger partial charge in [-0.05, 0) is 36.4 Å². The molecule has 128 valence electrons. The number of fused-ring (bicyclic) bond motifs is 1. The van der Waals surface area contributed by atoms with Gasteiger partial charge in [0.05, 0.1) is 11.3 Å². The van der Waals surface area contributed by atoms with E-state index in [1.165, 1.54) is 16.6 Å². The maximum absolute atomic E-state index is 14.1. The number of carbonyl (C=O) groups is 1. The van der Waals surface area contributed by atoms with Crippen LogP contribution in [-0.2, 0) is 0 Å². The van der Waals surface area contributed by atoms with Gasteiger partial charge in [-0.3, -0.25) is 0 Å². The molecule has 7 heteroatoms. The lowest BCUT2D eigenvalue weighted by molar-refractivity contribution is 0.0698. The van der Waals surface area contributed by atoms with Crippen molar-refractivity contribution in [3.63, 3.8) is 0 Å². The van der Waals surface area contributed by atoms with E-state index in [1.807, 2.05) is 24.3 Å². The Balaban J connectivity index is 2.02. The standard InChI is InChI=1S/C19H11BrFN3O2/c20-12-5-3-4-11(10-12)16-9-8-14(19(25)26)18-22-17(23-24(16)18)13-6-1-2-7-15(13)21/h1-10H,(H,25,26). The van der Waals surface area contributed by atoms with Gasteiger partial charge in [-0.15, -0.1) is 5.10 Å². The Morgan fingerprint density at radius 2 is 1.88 bits per heavy atom. The largest absolute Gasteiger partial charge is 0.478 e. The number of benzene rings is 2. The lowest BCUT2D eigenvalue weighted by Gasteiger charge is -2.06. The predicted molar refractivity (Wildman–Crippen MR) is 98.5 cm³/mol. The number of hydrogen-bond acceptors (Lipinski definition) is 3. The van der Waals surface area contributed by atoms with Crippen LogP contribution < -0.4 is 0 Å². The highest BCUT2D eigenvalue weighted by molar-refractivity contribution is 9.10. The highest BCUT2D eigenvalue weighted by atomic mass is 79.9. The van der Waals surface area contributed by atoms with Crippen molar-refractivity contribution in [2.24, 2.45) is 0 Å². The minimum atomic E-state index is -1.12. The van der Waals surface area contributed by atoms with Crippen LogP contribution in [0.25, 0.3) is 28.3 Å². The summed E-state index contributed by atoms with van der Waals surface area (Å²) in [7, 11) is 0. The molecule has 0 aliphatic heterocycles. The van der Waals surface area contributed by atoms with Gasteiger partial charge in [-0.1, -0.05) is 40.2 Å². The number of carboxylic acids is 1. The first-order valence-electron chi connectivity index (χ1n) is 7.68. The molecule has 4 rings (SSSR count). The second-order valence-electron chi connectivity index (χ2n) is 5.60. The summed E-state index contributed by atoms with van der Waals surface area (Å²) in [6, 6.07) is 16.8. The molecule has 4 aromatic rings. The summed E-state index contributed by atoms with van der Waals surface area (Å²) in [6.07, 6.45) is 0. The smallest absolute Gasteiger partial charge is 0.339 e. The van der Waals surface area contributed by atoms with Crippen LogP contribution in [0.1, 0.15) is 10.4 Å². The van der Waals surface area contributed by atoms with Gasteiger partial charge in [-0.25, -0.2) is 18.7 Å². The molecule has 2 aromatic carbocycles. The first-order chi connectivity index (χ1) is 12.5. The maximum Gasteiger partial charge on any atom is 0.339 e.